The maximum absolute atomic E-state index is 11.9. The van der Waals surface area contributed by atoms with E-state index in [1.165, 1.54) is 0 Å². The van der Waals surface area contributed by atoms with Gasteiger partial charge < -0.3 is 10.1 Å². The van der Waals surface area contributed by atoms with Crippen LogP contribution in [0.2, 0.25) is 5.02 Å². The van der Waals surface area contributed by atoms with E-state index in [9.17, 15) is 4.79 Å². The average molecular weight is 268 g/mol. The standard InChI is InChI=1S/C14H18ClNO2/c1-10-8-12(15)2-3-13(10)16-14(17)9-11-4-6-18-7-5-11/h2-3,8,11H,4-7,9H2,1H3,(H,16,17). The molecule has 0 spiro atoms. The lowest BCUT2D eigenvalue weighted by atomic mass is 9.96. The number of benzene rings is 1. The second-order valence-electron chi connectivity index (χ2n) is 4.77. The molecular weight excluding hydrogens is 250 g/mol. The second kappa shape index (κ2) is 6.21. The van der Waals surface area contributed by atoms with Crippen LogP contribution in [0.3, 0.4) is 0 Å². The SMILES string of the molecule is Cc1cc(Cl)ccc1NC(=O)CC1CCOCC1. The number of halogens is 1. The fraction of sp³-hybridized carbons (Fsp3) is 0.500. The first-order chi connectivity index (χ1) is 8.65. The van der Waals surface area contributed by atoms with Crippen LogP contribution in [-0.2, 0) is 9.53 Å². The number of hydrogen-bond acceptors (Lipinski definition) is 2. The average Bonchev–Trinajstić information content (AvgIpc) is 2.34. The van der Waals surface area contributed by atoms with Crippen molar-refractivity contribution < 1.29 is 9.53 Å². The minimum atomic E-state index is 0.0762. The Hall–Kier alpha value is -1.06. The quantitative estimate of drug-likeness (QED) is 0.911. The summed E-state index contributed by atoms with van der Waals surface area (Å²) < 4.78 is 5.29. The lowest BCUT2D eigenvalue weighted by Crippen LogP contribution is -2.22. The molecule has 1 fully saturated rings. The minimum Gasteiger partial charge on any atom is -0.381 e. The molecule has 1 saturated heterocycles. The van der Waals surface area contributed by atoms with E-state index in [4.69, 9.17) is 16.3 Å². The van der Waals surface area contributed by atoms with Crippen LogP contribution in [0.25, 0.3) is 0 Å². The Bertz CT molecular complexity index is 428. The number of carbonyl (C=O) groups excluding carboxylic acids is 1. The highest BCUT2D eigenvalue weighted by Crippen LogP contribution is 2.22. The summed E-state index contributed by atoms with van der Waals surface area (Å²) in [7, 11) is 0. The zero-order valence-corrected chi connectivity index (χ0v) is 11.3. The molecule has 1 aliphatic heterocycles. The van der Waals surface area contributed by atoms with Crippen molar-refractivity contribution in [1.82, 2.24) is 0 Å². The van der Waals surface area contributed by atoms with Gasteiger partial charge in [-0.15, -0.1) is 0 Å². The summed E-state index contributed by atoms with van der Waals surface area (Å²) in [6, 6.07) is 5.49. The molecule has 1 heterocycles. The van der Waals surface area contributed by atoms with Gasteiger partial charge in [0.25, 0.3) is 0 Å². The van der Waals surface area contributed by atoms with Gasteiger partial charge in [0.1, 0.15) is 0 Å². The first-order valence-corrected chi connectivity index (χ1v) is 6.66. The van der Waals surface area contributed by atoms with Crippen LogP contribution in [0.15, 0.2) is 18.2 Å². The van der Waals surface area contributed by atoms with Crippen LogP contribution in [0.4, 0.5) is 5.69 Å². The highest BCUT2D eigenvalue weighted by atomic mass is 35.5. The first kappa shape index (κ1) is 13.4. The molecule has 0 bridgehead atoms. The van der Waals surface area contributed by atoms with E-state index >= 15 is 0 Å². The molecule has 1 aromatic rings. The minimum absolute atomic E-state index is 0.0762. The topological polar surface area (TPSA) is 38.3 Å². The summed E-state index contributed by atoms with van der Waals surface area (Å²) in [4.78, 5) is 11.9. The highest BCUT2D eigenvalue weighted by Gasteiger charge is 2.17. The Morgan fingerprint density at radius 1 is 1.44 bits per heavy atom. The van der Waals surface area contributed by atoms with Crippen LogP contribution in [0.1, 0.15) is 24.8 Å². The molecule has 2 rings (SSSR count). The first-order valence-electron chi connectivity index (χ1n) is 6.29. The van der Waals surface area contributed by atoms with E-state index in [1.54, 1.807) is 6.07 Å². The van der Waals surface area contributed by atoms with Gasteiger partial charge in [-0.2, -0.15) is 0 Å². The van der Waals surface area contributed by atoms with Crippen molar-refractivity contribution in [2.24, 2.45) is 5.92 Å². The predicted octanol–water partition coefficient (Wildman–Crippen LogP) is 3.40. The van der Waals surface area contributed by atoms with Gasteiger partial charge in [-0.1, -0.05) is 11.6 Å². The number of aryl methyl sites for hydroxylation is 1. The lowest BCUT2D eigenvalue weighted by molar-refractivity contribution is -0.117. The van der Waals surface area contributed by atoms with Crippen molar-refractivity contribution in [3.63, 3.8) is 0 Å². The molecule has 0 unspecified atom stereocenters. The third-order valence-corrected chi connectivity index (χ3v) is 3.51. The van der Waals surface area contributed by atoms with Crippen LogP contribution in [0, 0.1) is 12.8 Å². The van der Waals surface area contributed by atoms with Gasteiger partial charge in [0.05, 0.1) is 0 Å². The van der Waals surface area contributed by atoms with Gasteiger partial charge in [0, 0.05) is 30.3 Å². The highest BCUT2D eigenvalue weighted by molar-refractivity contribution is 6.30. The Labute approximate surface area is 112 Å². The summed E-state index contributed by atoms with van der Waals surface area (Å²) in [5.74, 6) is 0.527. The number of nitrogens with one attached hydrogen (secondary N) is 1. The van der Waals surface area contributed by atoms with E-state index in [-0.39, 0.29) is 5.91 Å². The second-order valence-corrected chi connectivity index (χ2v) is 5.20. The van der Waals surface area contributed by atoms with Crippen molar-refractivity contribution in [2.45, 2.75) is 26.2 Å². The Morgan fingerprint density at radius 2 is 2.17 bits per heavy atom. The molecule has 1 aliphatic rings. The zero-order valence-electron chi connectivity index (χ0n) is 10.5. The summed E-state index contributed by atoms with van der Waals surface area (Å²) in [5.41, 5.74) is 1.83. The van der Waals surface area contributed by atoms with E-state index in [2.05, 4.69) is 5.32 Å². The zero-order chi connectivity index (χ0) is 13.0. The molecule has 98 valence electrons. The number of anilines is 1. The molecule has 0 atom stereocenters. The normalized spacial score (nSPS) is 16.6. The number of hydrogen-bond donors (Lipinski definition) is 1. The number of rotatable bonds is 3. The third-order valence-electron chi connectivity index (χ3n) is 3.28. The number of amides is 1. The molecule has 1 aromatic carbocycles. The molecule has 0 aliphatic carbocycles. The van der Waals surface area contributed by atoms with Crippen molar-refractivity contribution in [3.05, 3.63) is 28.8 Å². The van der Waals surface area contributed by atoms with Gasteiger partial charge in [-0.05, 0) is 49.4 Å². The van der Waals surface area contributed by atoms with Gasteiger partial charge in [-0.25, -0.2) is 0 Å². The van der Waals surface area contributed by atoms with Gasteiger partial charge >= 0.3 is 0 Å². The molecule has 0 aromatic heterocycles. The Kier molecular flexibility index (Phi) is 4.61. The summed E-state index contributed by atoms with van der Waals surface area (Å²) >= 11 is 5.88. The number of ether oxygens (including phenoxy) is 1. The van der Waals surface area contributed by atoms with Gasteiger partial charge in [0.15, 0.2) is 0 Å². The molecule has 0 saturated carbocycles. The molecule has 1 amide bonds. The van der Waals surface area contributed by atoms with Crippen molar-refractivity contribution >= 4 is 23.2 Å². The predicted molar refractivity (Wildman–Crippen MR) is 73.0 cm³/mol. The van der Waals surface area contributed by atoms with Gasteiger partial charge in [0.2, 0.25) is 5.91 Å². The summed E-state index contributed by atoms with van der Waals surface area (Å²) in [5, 5.41) is 3.64. The van der Waals surface area contributed by atoms with Crippen molar-refractivity contribution in [2.75, 3.05) is 18.5 Å². The third kappa shape index (κ3) is 3.72. The van der Waals surface area contributed by atoms with E-state index < -0.39 is 0 Å². The molecular formula is C14H18ClNO2. The molecule has 1 N–H and O–H groups in total. The van der Waals surface area contributed by atoms with Crippen molar-refractivity contribution in [1.29, 1.82) is 0 Å². The summed E-state index contributed by atoms with van der Waals surface area (Å²) in [6.07, 6.45) is 2.53. The fourth-order valence-electron chi connectivity index (χ4n) is 2.18. The van der Waals surface area contributed by atoms with E-state index in [1.807, 2.05) is 19.1 Å². The Balaban J connectivity index is 1.90. The fourth-order valence-corrected chi connectivity index (χ4v) is 2.41. The Morgan fingerprint density at radius 3 is 2.83 bits per heavy atom. The van der Waals surface area contributed by atoms with Crippen LogP contribution in [0.5, 0.6) is 0 Å². The molecule has 0 radical (unpaired) electrons. The maximum atomic E-state index is 11.9. The van der Waals surface area contributed by atoms with E-state index in [0.717, 1.165) is 37.3 Å². The maximum Gasteiger partial charge on any atom is 0.224 e. The largest absolute Gasteiger partial charge is 0.381 e. The monoisotopic (exact) mass is 267 g/mol. The molecule has 3 nitrogen and oxygen atoms in total. The van der Waals surface area contributed by atoms with Crippen molar-refractivity contribution in [3.8, 4) is 0 Å². The van der Waals surface area contributed by atoms with Crippen LogP contribution < -0.4 is 5.32 Å². The smallest absolute Gasteiger partial charge is 0.224 e. The summed E-state index contributed by atoms with van der Waals surface area (Å²) in [6.45, 7) is 3.49. The molecule has 4 heteroatoms. The lowest BCUT2D eigenvalue weighted by Gasteiger charge is -2.21. The van der Waals surface area contributed by atoms with Crippen LogP contribution in [-0.4, -0.2) is 19.1 Å². The number of carbonyl (C=O) groups is 1. The van der Waals surface area contributed by atoms with Crippen LogP contribution >= 0.6 is 11.6 Å². The van der Waals surface area contributed by atoms with E-state index in [0.29, 0.717) is 17.4 Å². The van der Waals surface area contributed by atoms with Gasteiger partial charge in [-0.3, -0.25) is 4.79 Å². The molecule has 18 heavy (non-hydrogen) atoms.